The molecule has 0 fully saturated rings. The highest BCUT2D eigenvalue weighted by molar-refractivity contribution is 6.04. The zero-order chi connectivity index (χ0) is 17.6. The summed E-state index contributed by atoms with van der Waals surface area (Å²) in [6, 6.07) is 17.2. The van der Waals surface area contributed by atoms with Crippen LogP contribution in [-0.2, 0) is 6.54 Å². The Kier molecular flexibility index (Phi) is 5.04. The van der Waals surface area contributed by atoms with Gasteiger partial charge >= 0.3 is 0 Å². The summed E-state index contributed by atoms with van der Waals surface area (Å²) in [7, 11) is 0. The van der Waals surface area contributed by atoms with E-state index in [1.54, 1.807) is 30.5 Å². The Labute approximate surface area is 145 Å². The van der Waals surface area contributed by atoms with Gasteiger partial charge < -0.3 is 10.6 Å². The molecule has 0 aliphatic heterocycles. The highest BCUT2D eigenvalue weighted by Gasteiger charge is 2.08. The summed E-state index contributed by atoms with van der Waals surface area (Å²) in [5.74, 6) is -0.104. The highest BCUT2D eigenvalue weighted by Crippen LogP contribution is 2.14. The van der Waals surface area contributed by atoms with Crippen molar-refractivity contribution in [2.45, 2.75) is 13.5 Å². The van der Waals surface area contributed by atoms with E-state index in [4.69, 9.17) is 0 Å². The second-order valence-electron chi connectivity index (χ2n) is 5.74. The first-order valence-electron chi connectivity index (χ1n) is 7.92. The lowest BCUT2D eigenvalue weighted by atomic mass is 10.1. The van der Waals surface area contributed by atoms with Crippen LogP contribution in [0.1, 0.15) is 21.5 Å². The van der Waals surface area contributed by atoms with Crippen molar-refractivity contribution in [1.82, 2.24) is 4.98 Å². The maximum atomic E-state index is 13.2. The van der Waals surface area contributed by atoms with Crippen LogP contribution in [0.4, 0.5) is 15.9 Å². The van der Waals surface area contributed by atoms with Gasteiger partial charge in [-0.3, -0.25) is 4.79 Å². The van der Waals surface area contributed by atoms with E-state index in [1.165, 1.54) is 17.7 Å². The molecule has 3 rings (SSSR count). The molecule has 0 unspecified atom stereocenters. The Hall–Kier alpha value is -3.21. The van der Waals surface area contributed by atoms with E-state index >= 15 is 0 Å². The highest BCUT2D eigenvalue weighted by atomic mass is 19.1. The zero-order valence-electron chi connectivity index (χ0n) is 13.8. The molecule has 3 aromatic rings. The summed E-state index contributed by atoms with van der Waals surface area (Å²) in [4.78, 5) is 16.5. The van der Waals surface area contributed by atoms with E-state index in [0.717, 1.165) is 5.56 Å². The summed E-state index contributed by atoms with van der Waals surface area (Å²) < 4.78 is 13.2. The number of amides is 1. The molecule has 0 saturated heterocycles. The molecule has 5 heteroatoms. The van der Waals surface area contributed by atoms with Gasteiger partial charge in [-0.25, -0.2) is 9.37 Å². The summed E-state index contributed by atoms with van der Waals surface area (Å²) in [5, 5.41) is 5.88. The second kappa shape index (κ2) is 7.57. The van der Waals surface area contributed by atoms with Crippen molar-refractivity contribution in [3.63, 3.8) is 0 Å². The predicted molar refractivity (Wildman–Crippen MR) is 97.1 cm³/mol. The van der Waals surface area contributed by atoms with Crippen LogP contribution < -0.4 is 10.6 Å². The van der Waals surface area contributed by atoms with Crippen molar-refractivity contribution in [2.24, 2.45) is 0 Å². The van der Waals surface area contributed by atoms with Crippen molar-refractivity contribution >= 4 is 17.4 Å². The number of carbonyl (C=O) groups excluding carboxylic acids is 1. The van der Waals surface area contributed by atoms with Gasteiger partial charge in [0.25, 0.3) is 5.91 Å². The number of benzene rings is 2. The van der Waals surface area contributed by atoms with Crippen LogP contribution in [0.15, 0.2) is 66.9 Å². The molecule has 2 N–H and O–H groups in total. The van der Waals surface area contributed by atoms with Crippen LogP contribution in [0.25, 0.3) is 0 Å². The predicted octanol–water partition coefficient (Wildman–Crippen LogP) is 4.39. The maximum Gasteiger partial charge on any atom is 0.255 e. The molecular formula is C20H18FN3O. The van der Waals surface area contributed by atoms with Crippen molar-refractivity contribution < 1.29 is 9.18 Å². The molecule has 0 aliphatic carbocycles. The molecule has 2 aromatic carbocycles. The molecule has 4 nitrogen and oxygen atoms in total. The third-order valence-electron chi connectivity index (χ3n) is 3.66. The summed E-state index contributed by atoms with van der Waals surface area (Å²) >= 11 is 0. The smallest absolute Gasteiger partial charge is 0.255 e. The number of anilines is 2. The number of hydrogen-bond donors (Lipinski definition) is 2. The standard InChI is InChI=1S/C20H18FN3O/c1-14-4-2-5-15(10-14)13-23-19-11-16(8-9-22-19)20(25)24-18-7-3-6-17(21)12-18/h2-12H,13H2,1H3,(H,22,23)(H,24,25). The van der Waals surface area contributed by atoms with E-state index in [0.29, 0.717) is 23.6 Å². The monoisotopic (exact) mass is 335 g/mol. The van der Waals surface area contributed by atoms with Crippen LogP contribution >= 0.6 is 0 Å². The first kappa shape index (κ1) is 16.6. The Morgan fingerprint density at radius 1 is 1.08 bits per heavy atom. The van der Waals surface area contributed by atoms with E-state index < -0.39 is 5.82 Å². The Balaban J connectivity index is 1.67. The van der Waals surface area contributed by atoms with Crippen LogP contribution in [0, 0.1) is 12.7 Å². The molecule has 0 aliphatic rings. The third kappa shape index (κ3) is 4.64. The SMILES string of the molecule is Cc1cccc(CNc2cc(C(=O)Nc3cccc(F)c3)ccn2)c1. The van der Waals surface area contributed by atoms with Gasteiger partial charge in [0.1, 0.15) is 11.6 Å². The first-order chi connectivity index (χ1) is 12.1. The molecule has 0 radical (unpaired) electrons. The number of pyridine rings is 1. The maximum absolute atomic E-state index is 13.2. The Morgan fingerprint density at radius 3 is 2.72 bits per heavy atom. The van der Waals surface area contributed by atoms with E-state index in [-0.39, 0.29) is 5.91 Å². The summed E-state index contributed by atoms with van der Waals surface area (Å²) in [6.45, 7) is 2.66. The lowest BCUT2D eigenvalue weighted by Gasteiger charge is -2.09. The van der Waals surface area contributed by atoms with Crippen molar-refractivity contribution in [3.8, 4) is 0 Å². The van der Waals surface area contributed by atoms with E-state index in [1.807, 2.05) is 25.1 Å². The average Bonchev–Trinajstić information content (AvgIpc) is 2.60. The Bertz CT molecular complexity index is 895. The van der Waals surface area contributed by atoms with E-state index in [2.05, 4.69) is 21.7 Å². The zero-order valence-corrected chi connectivity index (χ0v) is 13.8. The largest absolute Gasteiger partial charge is 0.366 e. The number of aromatic nitrogens is 1. The lowest BCUT2D eigenvalue weighted by Crippen LogP contribution is -2.13. The molecule has 0 bridgehead atoms. The average molecular weight is 335 g/mol. The van der Waals surface area contributed by atoms with Crippen LogP contribution in [-0.4, -0.2) is 10.9 Å². The normalized spacial score (nSPS) is 10.3. The molecule has 0 spiro atoms. The number of hydrogen-bond acceptors (Lipinski definition) is 3. The van der Waals surface area contributed by atoms with Gasteiger partial charge in [0.2, 0.25) is 0 Å². The molecule has 25 heavy (non-hydrogen) atoms. The van der Waals surface area contributed by atoms with Crippen LogP contribution in [0.2, 0.25) is 0 Å². The van der Waals surface area contributed by atoms with Gasteiger partial charge in [0, 0.05) is 24.0 Å². The fourth-order valence-corrected chi connectivity index (χ4v) is 2.45. The number of nitrogens with zero attached hydrogens (tertiary/aromatic N) is 1. The fourth-order valence-electron chi connectivity index (χ4n) is 2.45. The van der Waals surface area contributed by atoms with Gasteiger partial charge in [0.15, 0.2) is 0 Å². The number of nitrogens with one attached hydrogen (secondary N) is 2. The molecule has 0 saturated carbocycles. The van der Waals surface area contributed by atoms with Gasteiger partial charge in [-0.2, -0.15) is 0 Å². The second-order valence-corrected chi connectivity index (χ2v) is 5.74. The van der Waals surface area contributed by atoms with Gasteiger partial charge in [0.05, 0.1) is 0 Å². The van der Waals surface area contributed by atoms with Crippen molar-refractivity contribution in [3.05, 3.63) is 89.4 Å². The van der Waals surface area contributed by atoms with E-state index in [9.17, 15) is 9.18 Å². The van der Waals surface area contributed by atoms with Gasteiger partial charge in [-0.05, 0) is 42.8 Å². The lowest BCUT2D eigenvalue weighted by molar-refractivity contribution is 0.102. The summed E-state index contributed by atoms with van der Waals surface area (Å²) in [6.07, 6.45) is 1.57. The minimum atomic E-state index is -0.395. The number of carbonyl (C=O) groups is 1. The molecule has 0 atom stereocenters. The summed E-state index contributed by atoms with van der Waals surface area (Å²) in [5.41, 5.74) is 3.19. The quantitative estimate of drug-likeness (QED) is 0.727. The van der Waals surface area contributed by atoms with Gasteiger partial charge in [-0.15, -0.1) is 0 Å². The molecule has 1 heterocycles. The minimum Gasteiger partial charge on any atom is -0.366 e. The Morgan fingerprint density at radius 2 is 1.92 bits per heavy atom. The number of aryl methyl sites for hydroxylation is 1. The number of halogens is 1. The molecule has 1 amide bonds. The number of rotatable bonds is 5. The molecule has 1 aromatic heterocycles. The first-order valence-corrected chi connectivity index (χ1v) is 7.92. The third-order valence-corrected chi connectivity index (χ3v) is 3.66. The van der Waals surface area contributed by atoms with Crippen molar-refractivity contribution in [2.75, 3.05) is 10.6 Å². The van der Waals surface area contributed by atoms with Crippen LogP contribution in [0.3, 0.4) is 0 Å². The van der Waals surface area contributed by atoms with Crippen molar-refractivity contribution in [1.29, 1.82) is 0 Å². The molecular weight excluding hydrogens is 317 g/mol. The van der Waals surface area contributed by atoms with Crippen LogP contribution in [0.5, 0.6) is 0 Å². The minimum absolute atomic E-state index is 0.313. The molecule has 126 valence electrons. The fraction of sp³-hybridized carbons (Fsp3) is 0.100. The topological polar surface area (TPSA) is 54.0 Å². The van der Waals surface area contributed by atoms with Gasteiger partial charge in [-0.1, -0.05) is 35.9 Å².